The van der Waals surface area contributed by atoms with E-state index >= 15 is 0 Å². The SMILES string of the molecule is Cc1cccc(C)c1NC(=S)N(CCC[NH+]1CCCC(C)C1)Cc1cccs1. The monoisotopic (exact) mass is 416 g/mol. The molecule has 28 heavy (non-hydrogen) atoms. The van der Waals surface area contributed by atoms with E-state index in [2.05, 4.69) is 66.7 Å². The second-order valence-corrected chi connectivity index (χ2v) is 9.67. The number of thiocarbonyl (C=S) groups is 1. The highest BCUT2D eigenvalue weighted by Crippen LogP contribution is 2.21. The number of anilines is 1. The number of hydrogen-bond acceptors (Lipinski definition) is 2. The van der Waals surface area contributed by atoms with Crippen molar-refractivity contribution >= 4 is 34.4 Å². The topological polar surface area (TPSA) is 19.7 Å². The first-order chi connectivity index (χ1) is 13.5. The van der Waals surface area contributed by atoms with Crippen LogP contribution in [0.5, 0.6) is 0 Å². The summed E-state index contributed by atoms with van der Waals surface area (Å²) >= 11 is 7.66. The Labute approximate surface area is 179 Å². The summed E-state index contributed by atoms with van der Waals surface area (Å²) in [7, 11) is 0. The van der Waals surface area contributed by atoms with Gasteiger partial charge in [-0.3, -0.25) is 0 Å². The molecule has 0 saturated carbocycles. The maximum atomic E-state index is 5.85. The van der Waals surface area contributed by atoms with Crippen LogP contribution in [-0.2, 0) is 6.54 Å². The van der Waals surface area contributed by atoms with Crippen LogP contribution in [-0.4, -0.2) is 36.2 Å². The zero-order chi connectivity index (χ0) is 19.9. The molecule has 0 aliphatic carbocycles. The van der Waals surface area contributed by atoms with Crippen molar-refractivity contribution in [2.75, 3.05) is 31.5 Å². The van der Waals surface area contributed by atoms with Crippen LogP contribution in [0.15, 0.2) is 35.7 Å². The van der Waals surface area contributed by atoms with E-state index in [1.54, 1.807) is 4.90 Å². The van der Waals surface area contributed by atoms with Gasteiger partial charge in [-0.2, -0.15) is 0 Å². The first-order valence-corrected chi connectivity index (χ1v) is 11.8. The van der Waals surface area contributed by atoms with Gasteiger partial charge in [-0.25, -0.2) is 0 Å². The van der Waals surface area contributed by atoms with Gasteiger partial charge in [-0.05, 0) is 61.5 Å². The van der Waals surface area contributed by atoms with Crippen molar-refractivity contribution in [1.29, 1.82) is 0 Å². The molecule has 5 heteroatoms. The van der Waals surface area contributed by atoms with Gasteiger partial charge in [-0.1, -0.05) is 31.2 Å². The minimum Gasteiger partial charge on any atom is -0.344 e. The number of hydrogen-bond donors (Lipinski definition) is 2. The summed E-state index contributed by atoms with van der Waals surface area (Å²) in [5.74, 6) is 0.873. The first kappa shape index (κ1) is 21.3. The molecule has 1 aromatic carbocycles. The number of rotatable bonds is 7. The van der Waals surface area contributed by atoms with Crippen molar-refractivity contribution in [1.82, 2.24) is 4.90 Å². The van der Waals surface area contributed by atoms with E-state index in [0.717, 1.165) is 29.8 Å². The lowest BCUT2D eigenvalue weighted by atomic mass is 10.0. The maximum Gasteiger partial charge on any atom is 0.173 e. The Balaban J connectivity index is 1.61. The predicted octanol–water partition coefficient (Wildman–Crippen LogP) is 4.27. The third kappa shape index (κ3) is 6.03. The minimum atomic E-state index is 0.841. The molecule has 1 aliphatic heterocycles. The van der Waals surface area contributed by atoms with E-state index in [9.17, 15) is 0 Å². The highest BCUT2D eigenvalue weighted by Gasteiger charge is 2.20. The molecule has 0 spiro atoms. The molecule has 0 radical (unpaired) electrons. The summed E-state index contributed by atoms with van der Waals surface area (Å²) in [4.78, 5) is 5.48. The number of quaternary nitrogens is 1. The molecule has 1 aromatic heterocycles. The van der Waals surface area contributed by atoms with E-state index in [1.807, 2.05) is 11.3 Å². The van der Waals surface area contributed by atoms with Crippen LogP contribution in [0.3, 0.4) is 0 Å². The largest absolute Gasteiger partial charge is 0.344 e. The molecule has 2 aromatic rings. The Bertz CT molecular complexity index is 737. The molecular weight excluding hydrogens is 382 g/mol. The van der Waals surface area contributed by atoms with Gasteiger partial charge in [0.2, 0.25) is 0 Å². The number of thiophene rings is 1. The summed E-state index contributed by atoms with van der Waals surface area (Å²) in [6, 6.07) is 10.7. The first-order valence-electron chi connectivity index (χ1n) is 10.5. The van der Waals surface area contributed by atoms with E-state index in [4.69, 9.17) is 12.2 Å². The van der Waals surface area contributed by atoms with Gasteiger partial charge >= 0.3 is 0 Å². The molecule has 2 heterocycles. The Kier molecular flexibility index (Phi) is 7.89. The summed E-state index contributed by atoms with van der Waals surface area (Å²) < 4.78 is 0. The Morgan fingerprint density at radius 1 is 1.25 bits per heavy atom. The van der Waals surface area contributed by atoms with Crippen LogP contribution < -0.4 is 10.2 Å². The number of likely N-dealkylation sites (tertiary alicyclic amines) is 1. The number of aryl methyl sites for hydroxylation is 2. The zero-order valence-electron chi connectivity index (χ0n) is 17.5. The fourth-order valence-electron chi connectivity index (χ4n) is 4.19. The molecule has 2 N–H and O–H groups in total. The van der Waals surface area contributed by atoms with Gasteiger partial charge in [0.25, 0.3) is 0 Å². The van der Waals surface area contributed by atoms with Crippen molar-refractivity contribution in [2.24, 2.45) is 5.92 Å². The van der Waals surface area contributed by atoms with Gasteiger partial charge < -0.3 is 15.1 Å². The van der Waals surface area contributed by atoms with Crippen molar-refractivity contribution in [3.63, 3.8) is 0 Å². The highest BCUT2D eigenvalue weighted by atomic mass is 32.1. The van der Waals surface area contributed by atoms with Crippen LogP contribution in [0.4, 0.5) is 5.69 Å². The fraction of sp³-hybridized carbons (Fsp3) is 0.522. The van der Waals surface area contributed by atoms with Crippen LogP contribution in [0, 0.1) is 19.8 Å². The molecule has 0 bridgehead atoms. The minimum absolute atomic E-state index is 0.841. The highest BCUT2D eigenvalue weighted by molar-refractivity contribution is 7.80. The van der Waals surface area contributed by atoms with E-state index in [-0.39, 0.29) is 0 Å². The number of para-hydroxylation sites is 1. The second-order valence-electron chi connectivity index (χ2n) is 8.25. The molecule has 2 atom stereocenters. The molecule has 0 amide bonds. The lowest BCUT2D eigenvalue weighted by molar-refractivity contribution is -0.908. The van der Waals surface area contributed by atoms with Gasteiger partial charge in [-0.15, -0.1) is 11.3 Å². The van der Waals surface area contributed by atoms with Crippen molar-refractivity contribution in [2.45, 2.75) is 46.6 Å². The number of benzene rings is 1. The van der Waals surface area contributed by atoms with Gasteiger partial charge in [0.15, 0.2) is 5.11 Å². The predicted molar refractivity (Wildman–Crippen MR) is 125 cm³/mol. The van der Waals surface area contributed by atoms with Crippen LogP contribution >= 0.6 is 23.6 Å². The lowest BCUT2D eigenvalue weighted by Crippen LogP contribution is -3.13. The van der Waals surface area contributed by atoms with E-state index in [1.165, 1.54) is 54.9 Å². The molecule has 2 unspecified atom stereocenters. The van der Waals surface area contributed by atoms with Gasteiger partial charge in [0, 0.05) is 29.4 Å². The van der Waals surface area contributed by atoms with Crippen molar-refractivity contribution in [3.8, 4) is 0 Å². The van der Waals surface area contributed by atoms with Crippen molar-refractivity contribution in [3.05, 3.63) is 51.7 Å². The standard InChI is InChI=1S/C23H33N3S2/c1-18-8-5-12-25(16-18)13-7-14-26(17-21-11-6-15-28-21)23(27)24-22-19(2)9-4-10-20(22)3/h4,6,9-11,15,18H,5,7-8,12-14,16-17H2,1-3H3,(H,24,27)/p+1. The molecular formula is C23H34N3S2+. The smallest absolute Gasteiger partial charge is 0.173 e. The summed E-state index contributed by atoms with van der Waals surface area (Å²) in [6.45, 7) is 12.5. The second kappa shape index (κ2) is 10.4. The van der Waals surface area contributed by atoms with Crippen molar-refractivity contribution < 1.29 is 4.90 Å². The summed E-state index contributed by atoms with van der Waals surface area (Å²) in [6.07, 6.45) is 3.96. The normalized spacial score (nSPS) is 19.4. The average molecular weight is 417 g/mol. The summed E-state index contributed by atoms with van der Waals surface area (Å²) in [5.41, 5.74) is 3.63. The molecule has 1 fully saturated rings. The quantitative estimate of drug-likeness (QED) is 0.658. The van der Waals surface area contributed by atoms with Crippen LogP contribution in [0.2, 0.25) is 0 Å². The van der Waals surface area contributed by atoms with E-state index in [0.29, 0.717) is 0 Å². The number of nitrogens with zero attached hydrogens (tertiary/aromatic N) is 1. The van der Waals surface area contributed by atoms with Crippen LogP contribution in [0.1, 0.15) is 42.2 Å². The number of piperidine rings is 1. The molecule has 152 valence electrons. The zero-order valence-corrected chi connectivity index (χ0v) is 19.1. The molecule has 3 rings (SSSR count). The molecule has 1 saturated heterocycles. The number of nitrogens with one attached hydrogen (secondary N) is 2. The molecule has 3 nitrogen and oxygen atoms in total. The lowest BCUT2D eigenvalue weighted by Gasteiger charge is -2.30. The summed E-state index contributed by atoms with van der Waals surface area (Å²) in [5, 5.41) is 6.53. The Hall–Kier alpha value is -1.43. The Morgan fingerprint density at radius 2 is 2.04 bits per heavy atom. The third-order valence-corrected chi connectivity index (χ3v) is 6.97. The average Bonchev–Trinajstić information content (AvgIpc) is 3.17. The van der Waals surface area contributed by atoms with E-state index < -0.39 is 0 Å². The Morgan fingerprint density at radius 3 is 2.71 bits per heavy atom. The molecule has 1 aliphatic rings. The van der Waals surface area contributed by atoms with Gasteiger partial charge in [0.1, 0.15) is 0 Å². The third-order valence-electron chi connectivity index (χ3n) is 5.75. The maximum absolute atomic E-state index is 5.85. The van der Waals surface area contributed by atoms with Gasteiger partial charge in [0.05, 0.1) is 26.2 Å². The van der Waals surface area contributed by atoms with Crippen LogP contribution in [0.25, 0.3) is 0 Å². The fourth-order valence-corrected chi connectivity index (χ4v) is 5.16.